The normalized spacial score (nSPS) is 17.9. The van der Waals surface area contributed by atoms with Crippen LogP contribution in [0.4, 0.5) is 0 Å². The van der Waals surface area contributed by atoms with Crippen LogP contribution in [0.1, 0.15) is 19.3 Å². The molecule has 0 radical (unpaired) electrons. The standard InChI is InChI=1S/C15H16BrNO2S/c16-11-15(9-4-10-15)17-20(18,19)14-8-3-6-12-5-1-2-7-13(12)14/h1-3,5-8,17H,4,9-11H2. The molecule has 0 unspecified atom stereocenters. The molecule has 0 saturated heterocycles. The van der Waals surface area contributed by atoms with Gasteiger partial charge in [-0.1, -0.05) is 52.3 Å². The molecule has 0 aromatic heterocycles. The van der Waals surface area contributed by atoms with Crippen molar-refractivity contribution in [3.8, 4) is 0 Å². The molecular weight excluding hydrogens is 338 g/mol. The zero-order valence-corrected chi connectivity index (χ0v) is 13.4. The number of benzene rings is 2. The van der Waals surface area contributed by atoms with E-state index in [4.69, 9.17) is 0 Å². The van der Waals surface area contributed by atoms with Gasteiger partial charge >= 0.3 is 0 Å². The number of nitrogens with one attached hydrogen (secondary N) is 1. The molecule has 1 aliphatic rings. The van der Waals surface area contributed by atoms with Crippen LogP contribution < -0.4 is 4.72 Å². The maximum absolute atomic E-state index is 12.7. The average Bonchev–Trinajstić information content (AvgIpc) is 2.42. The lowest BCUT2D eigenvalue weighted by molar-refractivity contribution is 0.256. The van der Waals surface area contributed by atoms with Crippen LogP contribution in [0.3, 0.4) is 0 Å². The van der Waals surface area contributed by atoms with E-state index < -0.39 is 10.0 Å². The summed E-state index contributed by atoms with van der Waals surface area (Å²) in [5.74, 6) is 0. The third-order valence-corrected chi connectivity index (χ3v) is 6.67. The Hall–Kier alpha value is -0.910. The van der Waals surface area contributed by atoms with E-state index in [-0.39, 0.29) is 5.54 Å². The summed E-state index contributed by atoms with van der Waals surface area (Å²) >= 11 is 3.43. The van der Waals surface area contributed by atoms with Crippen molar-refractivity contribution in [2.24, 2.45) is 0 Å². The molecule has 2 aromatic carbocycles. The first-order valence-electron chi connectivity index (χ1n) is 6.64. The molecular formula is C15H16BrNO2S. The van der Waals surface area contributed by atoms with Gasteiger partial charge in [-0.05, 0) is 30.7 Å². The first-order chi connectivity index (χ1) is 9.56. The highest BCUT2D eigenvalue weighted by Crippen LogP contribution is 2.35. The Bertz CT molecular complexity index is 728. The molecule has 3 nitrogen and oxygen atoms in total. The lowest BCUT2D eigenvalue weighted by Crippen LogP contribution is -2.54. The predicted octanol–water partition coefficient (Wildman–Crippen LogP) is 3.44. The first-order valence-corrected chi connectivity index (χ1v) is 9.25. The van der Waals surface area contributed by atoms with Crippen molar-refractivity contribution in [2.75, 3.05) is 5.33 Å². The molecule has 1 saturated carbocycles. The molecule has 1 aliphatic carbocycles. The SMILES string of the molecule is O=S(=O)(NC1(CBr)CCC1)c1cccc2ccccc12. The number of alkyl halides is 1. The summed E-state index contributed by atoms with van der Waals surface area (Å²) < 4.78 is 28.3. The van der Waals surface area contributed by atoms with Gasteiger partial charge in [0.2, 0.25) is 10.0 Å². The minimum Gasteiger partial charge on any atom is -0.207 e. The highest BCUT2D eigenvalue weighted by molar-refractivity contribution is 9.09. The Morgan fingerprint density at radius 2 is 1.80 bits per heavy atom. The highest BCUT2D eigenvalue weighted by atomic mass is 79.9. The number of hydrogen-bond acceptors (Lipinski definition) is 2. The van der Waals surface area contributed by atoms with E-state index in [9.17, 15) is 8.42 Å². The number of fused-ring (bicyclic) bond motifs is 1. The van der Waals surface area contributed by atoms with Gasteiger partial charge in [-0.25, -0.2) is 13.1 Å². The summed E-state index contributed by atoms with van der Waals surface area (Å²) in [6, 6.07) is 13.0. The topological polar surface area (TPSA) is 46.2 Å². The fourth-order valence-corrected chi connectivity index (χ4v) is 5.21. The average molecular weight is 354 g/mol. The summed E-state index contributed by atoms with van der Waals surface area (Å²) in [4.78, 5) is 0.364. The highest BCUT2D eigenvalue weighted by Gasteiger charge is 2.40. The lowest BCUT2D eigenvalue weighted by Gasteiger charge is -2.40. The van der Waals surface area contributed by atoms with Gasteiger partial charge in [0.15, 0.2) is 0 Å². The van der Waals surface area contributed by atoms with Crippen molar-refractivity contribution in [1.29, 1.82) is 0 Å². The Kier molecular flexibility index (Phi) is 3.60. The van der Waals surface area contributed by atoms with Gasteiger partial charge in [-0.2, -0.15) is 0 Å². The van der Waals surface area contributed by atoms with Crippen LogP contribution in [0.2, 0.25) is 0 Å². The molecule has 0 atom stereocenters. The van der Waals surface area contributed by atoms with Crippen molar-refractivity contribution in [3.63, 3.8) is 0 Å². The van der Waals surface area contributed by atoms with Crippen LogP contribution in [0, 0.1) is 0 Å². The van der Waals surface area contributed by atoms with E-state index in [0.717, 1.165) is 30.0 Å². The molecule has 0 amide bonds. The molecule has 0 aliphatic heterocycles. The summed E-state index contributed by atoms with van der Waals surface area (Å²) in [6.07, 6.45) is 2.86. The fraction of sp³-hybridized carbons (Fsp3) is 0.333. The quantitative estimate of drug-likeness (QED) is 0.855. The second-order valence-corrected chi connectivity index (χ2v) is 7.56. The third kappa shape index (κ3) is 2.38. The number of hydrogen-bond donors (Lipinski definition) is 1. The van der Waals surface area contributed by atoms with E-state index in [1.165, 1.54) is 0 Å². The molecule has 3 rings (SSSR count). The molecule has 1 N–H and O–H groups in total. The second kappa shape index (κ2) is 5.13. The van der Waals surface area contributed by atoms with E-state index in [0.29, 0.717) is 10.2 Å². The third-order valence-electron chi connectivity index (χ3n) is 3.96. The molecule has 0 spiro atoms. The molecule has 0 bridgehead atoms. The maximum atomic E-state index is 12.7. The van der Waals surface area contributed by atoms with Crippen LogP contribution in [0.25, 0.3) is 10.8 Å². The van der Waals surface area contributed by atoms with Gasteiger partial charge in [0, 0.05) is 16.3 Å². The first kappa shape index (κ1) is 14.0. The van der Waals surface area contributed by atoms with Gasteiger partial charge in [-0.15, -0.1) is 0 Å². The monoisotopic (exact) mass is 353 g/mol. The van der Waals surface area contributed by atoms with E-state index >= 15 is 0 Å². The van der Waals surface area contributed by atoms with Crippen LogP contribution in [0.5, 0.6) is 0 Å². The Morgan fingerprint density at radius 1 is 1.10 bits per heavy atom. The van der Waals surface area contributed by atoms with E-state index in [2.05, 4.69) is 20.7 Å². The molecule has 1 fully saturated rings. The van der Waals surface area contributed by atoms with Gasteiger partial charge in [0.05, 0.1) is 4.90 Å². The van der Waals surface area contributed by atoms with Crippen molar-refractivity contribution < 1.29 is 8.42 Å². The summed E-state index contributed by atoms with van der Waals surface area (Å²) in [6.45, 7) is 0. The van der Waals surface area contributed by atoms with Crippen molar-refractivity contribution in [2.45, 2.75) is 29.7 Å². The summed E-state index contributed by atoms with van der Waals surface area (Å²) in [5.41, 5.74) is -0.310. The molecule has 2 aromatic rings. The number of rotatable bonds is 4. The lowest BCUT2D eigenvalue weighted by atomic mass is 9.80. The smallest absolute Gasteiger partial charge is 0.207 e. The Morgan fingerprint density at radius 3 is 2.45 bits per heavy atom. The molecule has 0 heterocycles. The molecule has 20 heavy (non-hydrogen) atoms. The number of sulfonamides is 1. The molecule has 5 heteroatoms. The molecule has 106 valence electrons. The van der Waals surface area contributed by atoms with E-state index in [1.54, 1.807) is 12.1 Å². The largest absolute Gasteiger partial charge is 0.241 e. The van der Waals surface area contributed by atoms with Gasteiger partial charge in [-0.3, -0.25) is 0 Å². The van der Waals surface area contributed by atoms with Crippen molar-refractivity contribution in [3.05, 3.63) is 42.5 Å². The van der Waals surface area contributed by atoms with Gasteiger partial charge in [0.25, 0.3) is 0 Å². The minimum absolute atomic E-state index is 0.310. The predicted molar refractivity (Wildman–Crippen MR) is 84.6 cm³/mol. The maximum Gasteiger partial charge on any atom is 0.241 e. The van der Waals surface area contributed by atoms with Crippen LogP contribution in [-0.4, -0.2) is 19.3 Å². The van der Waals surface area contributed by atoms with Crippen LogP contribution in [-0.2, 0) is 10.0 Å². The Labute approximate surface area is 127 Å². The zero-order valence-electron chi connectivity index (χ0n) is 11.0. The zero-order chi connectivity index (χ0) is 14.2. The van der Waals surface area contributed by atoms with E-state index in [1.807, 2.05) is 30.3 Å². The minimum atomic E-state index is -3.50. The van der Waals surface area contributed by atoms with Gasteiger partial charge < -0.3 is 0 Å². The fourth-order valence-electron chi connectivity index (χ4n) is 2.64. The van der Waals surface area contributed by atoms with Crippen molar-refractivity contribution in [1.82, 2.24) is 4.72 Å². The van der Waals surface area contributed by atoms with Crippen LogP contribution in [0.15, 0.2) is 47.4 Å². The Balaban J connectivity index is 2.05. The summed E-state index contributed by atoms with van der Waals surface area (Å²) in [7, 11) is -3.50. The summed E-state index contributed by atoms with van der Waals surface area (Å²) in [5, 5.41) is 2.37. The van der Waals surface area contributed by atoms with Gasteiger partial charge in [0.1, 0.15) is 0 Å². The van der Waals surface area contributed by atoms with Crippen LogP contribution >= 0.6 is 15.9 Å². The number of halogens is 1. The second-order valence-electron chi connectivity index (χ2n) is 5.35. The van der Waals surface area contributed by atoms with Crippen molar-refractivity contribution >= 4 is 36.7 Å².